The summed E-state index contributed by atoms with van der Waals surface area (Å²) >= 11 is 1.49. The third-order valence-electron chi connectivity index (χ3n) is 3.29. The van der Waals surface area contributed by atoms with Crippen molar-refractivity contribution >= 4 is 45.4 Å². The van der Waals surface area contributed by atoms with E-state index in [0.29, 0.717) is 11.4 Å². The molecule has 0 aliphatic rings. The molecule has 1 amide bonds. The van der Waals surface area contributed by atoms with E-state index in [9.17, 15) is 4.79 Å². The molecule has 3 aromatic rings. The quantitative estimate of drug-likeness (QED) is 0.724. The second-order valence-electron chi connectivity index (χ2n) is 4.82. The number of fused-ring (bicyclic) bond motifs is 3. The number of allylic oxidation sites excluding steroid dienone is 1. The lowest BCUT2D eigenvalue weighted by atomic mass is 10.3. The SMILES string of the molecule is C=N/C=C(\C=NC)NC(=O)c1cn2c(n1)sc1cc(OC)ccc12. The van der Waals surface area contributed by atoms with E-state index in [0.717, 1.165) is 20.9 Å². The van der Waals surface area contributed by atoms with Crippen molar-refractivity contribution < 1.29 is 9.53 Å². The van der Waals surface area contributed by atoms with Crippen LogP contribution in [0.1, 0.15) is 10.5 Å². The van der Waals surface area contributed by atoms with Gasteiger partial charge in [0.25, 0.3) is 5.91 Å². The Morgan fingerprint density at radius 1 is 1.50 bits per heavy atom. The summed E-state index contributed by atoms with van der Waals surface area (Å²) < 4.78 is 8.15. The minimum absolute atomic E-state index is 0.318. The molecule has 1 N–H and O–H groups in total. The van der Waals surface area contributed by atoms with Crippen LogP contribution < -0.4 is 10.1 Å². The van der Waals surface area contributed by atoms with Crippen LogP contribution in [0, 0.1) is 0 Å². The van der Waals surface area contributed by atoms with Crippen molar-refractivity contribution in [2.24, 2.45) is 9.98 Å². The number of rotatable bonds is 5. The summed E-state index contributed by atoms with van der Waals surface area (Å²) in [5, 5.41) is 2.70. The van der Waals surface area contributed by atoms with Gasteiger partial charge in [-0.15, -0.1) is 0 Å². The van der Waals surface area contributed by atoms with Crippen molar-refractivity contribution in [3.05, 3.63) is 42.0 Å². The largest absolute Gasteiger partial charge is 0.497 e. The molecule has 0 aliphatic heterocycles. The van der Waals surface area contributed by atoms with Gasteiger partial charge in [-0.2, -0.15) is 0 Å². The smallest absolute Gasteiger partial charge is 0.276 e. The predicted molar refractivity (Wildman–Crippen MR) is 96.6 cm³/mol. The fourth-order valence-electron chi connectivity index (χ4n) is 2.25. The molecule has 1 aromatic carbocycles. The molecule has 7 nitrogen and oxygen atoms in total. The predicted octanol–water partition coefficient (Wildman–Crippen LogP) is 2.53. The molecule has 0 spiro atoms. The number of thiazole rings is 1. The van der Waals surface area contributed by atoms with Crippen molar-refractivity contribution in [2.45, 2.75) is 0 Å². The Bertz CT molecular complexity index is 983. The van der Waals surface area contributed by atoms with E-state index in [1.54, 1.807) is 20.4 Å². The van der Waals surface area contributed by atoms with E-state index >= 15 is 0 Å². The molecular weight excluding hydrogens is 326 g/mol. The van der Waals surface area contributed by atoms with Crippen LogP contribution in [0.3, 0.4) is 0 Å². The lowest BCUT2D eigenvalue weighted by Gasteiger charge is -2.01. The minimum atomic E-state index is -0.331. The van der Waals surface area contributed by atoms with Gasteiger partial charge in [0.1, 0.15) is 11.4 Å². The summed E-state index contributed by atoms with van der Waals surface area (Å²) in [5.74, 6) is 0.456. The maximum Gasteiger partial charge on any atom is 0.276 e. The van der Waals surface area contributed by atoms with Gasteiger partial charge >= 0.3 is 0 Å². The second kappa shape index (κ2) is 6.63. The van der Waals surface area contributed by atoms with Crippen LogP contribution in [0.25, 0.3) is 15.2 Å². The van der Waals surface area contributed by atoms with Crippen LogP contribution in [0.5, 0.6) is 5.75 Å². The van der Waals surface area contributed by atoms with Crippen molar-refractivity contribution in [1.29, 1.82) is 0 Å². The molecule has 0 bridgehead atoms. The first-order valence-corrected chi connectivity index (χ1v) is 7.83. The Kier molecular flexibility index (Phi) is 4.39. The summed E-state index contributed by atoms with van der Waals surface area (Å²) in [6.45, 7) is 3.37. The van der Waals surface area contributed by atoms with Crippen LogP contribution in [-0.2, 0) is 0 Å². The van der Waals surface area contributed by atoms with Crippen LogP contribution in [0.2, 0.25) is 0 Å². The second-order valence-corrected chi connectivity index (χ2v) is 5.83. The lowest BCUT2D eigenvalue weighted by molar-refractivity contribution is 0.0964. The molecule has 0 saturated carbocycles. The Balaban J connectivity index is 1.94. The molecular formula is C16H15N5O2S. The normalized spacial score (nSPS) is 12.2. The number of hydrogen-bond acceptors (Lipinski definition) is 6. The third kappa shape index (κ3) is 2.91. The number of carbonyl (C=O) groups excluding carboxylic acids is 1. The highest BCUT2D eigenvalue weighted by Crippen LogP contribution is 2.29. The number of carbonyl (C=O) groups is 1. The molecule has 24 heavy (non-hydrogen) atoms. The van der Waals surface area contributed by atoms with Gasteiger partial charge in [-0.3, -0.25) is 19.2 Å². The van der Waals surface area contributed by atoms with Gasteiger partial charge in [-0.05, 0) is 24.9 Å². The Morgan fingerprint density at radius 3 is 3.04 bits per heavy atom. The fourth-order valence-corrected chi connectivity index (χ4v) is 3.28. The van der Waals surface area contributed by atoms with E-state index in [1.165, 1.54) is 23.8 Å². The molecule has 122 valence electrons. The molecule has 0 radical (unpaired) electrons. The number of benzene rings is 1. The Hall–Kier alpha value is -3.00. The van der Waals surface area contributed by atoms with Gasteiger partial charge in [-0.1, -0.05) is 11.3 Å². The van der Waals surface area contributed by atoms with E-state index in [1.807, 2.05) is 22.6 Å². The topological polar surface area (TPSA) is 80.4 Å². The van der Waals surface area contributed by atoms with Gasteiger partial charge in [0.05, 0.1) is 29.2 Å². The number of methoxy groups -OCH3 is 1. The first kappa shape index (κ1) is 15.9. The van der Waals surface area contributed by atoms with Gasteiger partial charge < -0.3 is 10.1 Å². The summed E-state index contributed by atoms with van der Waals surface area (Å²) in [5.41, 5.74) is 1.74. The highest BCUT2D eigenvalue weighted by molar-refractivity contribution is 7.23. The van der Waals surface area contributed by atoms with Gasteiger partial charge in [0.2, 0.25) is 0 Å². The number of aromatic nitrogens is 2. The molecule has 0 atom stereocenters. The standard InChI is InChI=1S/C16H15N5O2S/c1-17-7-10(8-18-2)19-15(22)12-9-21-13-5-4-11(23-3)6-14(13)24-16(21)20-12/h4-9H,1H2,2-3H3,(H,19,22)/b10-7+,18-8?. The summed E-state index contributed by atoms with van der Waals surface area (Å²) in [6, 6.07) is 5.77. The van der Waals surface area contributed by atoms with Crippen molar-refractivity contribution in [3.63, 3.8) is 0 Å². The van der Waals surface area contributed by atoms with Crippen LogP contribution >= 0.6 is 11.3 Å². The number of hydrogen-bond donors (Lipinski definition) is 1. The minimum Gasteiger partial charge on any atom is -0.497 e. The number of ether oxygens (including phenoxy) is 1. The Morgan fingerprint density at radius 2 is 2.33 bits per heavy atom. The van der Waals surface area contributed by atoms with Gasteiger partial charge in [-0.25, -0.2) is 4.98 Å². The molecule has 0 aliphatic carbocycles. The van der Waals surface area contributed by atoms with Crippen LogP contribution in [-0.4, -0.2) is 42.4 Å². The summed E-state index contributed by atoms with van der Waals surface area (Å²) in [6.07, 6.45) is 4.62. The maximum absolute atomic E-state index is 12.3. The first-order chi connectivity index (χ1) is 11.7. The number of nitrogens with one attached hydrogen (secondary N) is 1. The van der Waals surface area contributed by atoms with E-state index in [2.05, 4.69) is 27.0 Å². The monoisotopic (exact) mass is 341 g/mol. The highest BCUT2D eigenvalue weighted by Gasteiger charge is 2.15. The lowest BCUT2D eigenvalue weighted by Crippen LogP contribution is -2.23. The zero-order valence-electron chi connectivity index (χ0n) is 13.2. The molecule has 2 heterocycles. The van der Waals surface area contributed by atoms with Gasteiger partial charge in [0.15, 0.2) is 4.96 Å². The van der Waals surface area contributed by atoms with E-state index in [4.69, 9.17) is 4.74 Å². The summed E-state index contributed by atoms with van der Waals surface area (Å²) in [7, 11) is 3.24. The molecule has 0 saturated heterocycles. The fraction of sp³-hybridized carbons (Fsp3) is 0.125. The molecule has 0 fully saturated rings. The first-order valence-electron chi connectivity index (χ1n) is 7.01. The van der Waals surface area contributed by atoms with E-state index < -0.39 is 0 Å². The third-order valence-corrected chi connectivity index (χ3v) is 4.31. The number of aliphatic imine (C=N–C) groups is 2. The van der Waals surface area contributed by atoms with Gasteiger partial charge in [0, 0.05) is 19.5 Å². The summed E-state index contributed by atoms with van der Waals surface area (Å²) in [4.78, 5) is 25.0. The average molecular weight is 341 g/mol. The van der Waals surface area contributed by atoms with Crippen molar-refractivity contribution in [3.8, 4) is 5.75 Å². The van der Waals surface area contributed by atoms with Crippen LogP contribution in [0.15, 0.2) is 46.3 Å². The molecule has 0 unspecified atom stereocenters. The molecule has 8 heteroatoms. The number of nitrogens with zero attached hydrogens (tertiary/aromatic N) is 4. The number of amides is 1. The maximum atomic E-state index is 12.3. The van der Waals surface area contributed by atoms with Crippen LogP contribution in [0.4, 0.5) is 0 Å². The zero-order valence-corrected chi connectivity index (χ0v) is 14.0. The number of imidazole rings is 1. The average Bonchev–Trinajstić information content (AvgIpc) is 3.12. The van der Waals surface area contributed by atoms with E-state index in [-0.39, 0.29) is 5.91 Å². The van der Waals surface area contributed by atoms with Crippen molar-refractivity contribution in [2.75, 3.05) is 14.2 Å². The highest BCUT2D eigenvalue weighted by atomic mass is 32.1. The van der Waals surface area contributed by atoms with Crippen molar-refractivity contribution in [1.82, 2.24) is 14.7 Å². The molecule has 2 aromatic heterocycles. The Labute approximate surface area is 142 Å². The zero-order chi connectivity index (χ0) is 17.1. The molecule has 3 rings (SSSR count).